The first-order valence-electron chi connectivity index (χ1n) is 9.83. The molecule has 0 saturated carbocycles. The molecule has 28 heavy (non-hydrogen) atoms. The molecule has 2 aliphatic rings. The molecule has 0 unspecified atom stereocenters. The Labute approximate surface area is 167 Å². The first-order valence-corrected chi connectivity index (χ1v) is 10.6. The fourth-order valence-corrected chi connectivity index (χ4v) is 5.56. The van der Waals surface area contributed by atoms with Gasteiger partial charge >= 0.3 is 0 Å². The maximum absolute atomic E-state index is 12.8. The number of carbonyl (C=O) groups is 1. The maximum atomic E-state index is 12.8. The van der Waals surface area contributed by atoms with Gasteiger partial charge in [0.25, 0.3) is 5.91 Å². The van der Waals surface area contributed by atoms with Crippen LogP contribution in [0.1, 0.15) is 44.2 Å². The number of aromatic nitrogens is 2. The van der Waals surface area contributed by atoms with E-state index in [1.165, 1.54) is 16.0 Å². The molecule has 0 aromatic carbocycles. The van der Waals surface area contributed by atoms with Crippen LogP contribution in [-0.2, 0) is 23.3 Å². The lowest BCUT2D eigenvalue weighted by Gasteiger charge is -2.40. The Kier molecular flexibility index (Phi) is 4.45. The van der Waals surface area contributed by atoms with Crippen LogP contribution in [0, 0.1) is 6.92 Å². The molecule has 1 saturated heterocycles. The third-order valence-corrected chi connectivity index (χ3v) is 7.05. The van der Waals surface area contributed by atoms with Gasteiger partial charge in [-0.1, -0.05) is 6.07 Å². The minimum absolute atomic E-state index is 0.0308. The smallest absolute Gasteiger partial charge is 0.261 e. The van der Waals surface area contributed by atoms with E-state index in [1.54, 1.807) is 11.3 Å². The number of nitrogens with zero attached hydrogens (tertiary/aromatic N) is 2. The van der Waals surface area contributed by atoms with Crippen LogP contribution in [0.4, 0.5) is 0 Å². The first kappa shape index (κ1) is 17.8. The summed E-state index contributed by atoms with van der Waals surface area (Å²) in [6.07, 6.45) is 6.85. The second-order valence-electron chi connectivity index (χ2n) is 7.69. The van der Waals surface area contributed by atoms with Gasteiger partial charge in [-0.3, -0.25) is 4.79 Å². The average Bonchev–Trinajstić information content (AvgIpc) is 3.31. The summed E-state index contributed by atoms with van der Waals surface area (Å²) in [5.74, 6) is -0.0308. The molecule has 2 N–H and O–H groups in total. The lowest BCUT2D eigenvalue weighted by Crippen LogP contribution is -2.43. The normalized spacial score (nSPS) is 18.3. The Bertz CT molecular complexity index is 1030. The highest BCUT2D eigenvalue weighted by Crippen LogP contribution is 2.44. The van der Waals surface area contributed by atoms with Crippen LogP contribution in [0.25, 0.3) is 5.65 Å². The van der Waals surface area contributed by atoms with Crippen molar-refractivity contribution in [2.45, 2.75) is 38.3 Å². The number of fused-ring (bicyclic) bond motifs is 3. The largest absolute Gasteiger partial charge is 0.369 e. The average molecular weight is 397 g/mol. The molecule has 6 nitrogen and oxygen atoms in total. The zero-order chi connectivity index (χ0) is 19.1. The van der Waals surface area contributed by atoms with Crippen molar-refractivity contribution < 1.29 is 9.53 Å². The van der Waals surface area contributed by atoms with Crippen LogP contribution in [0.5, 0.6) is 0 Å². The topological polar surface area (TPSA) is 67.7 Å². The predicted octanol–water partition coefficient (Wildman–Crippen LogP) is 2.79. The molecule has 2 aliphatic heterocycles. The number of hydrogen-bond acceptors (Lipinski definition) is 5. The third-order valence-electron chi connectivity index (χ3n) is 5.69. The van der Waals surface area contributed by atoms with Crippen molar-refractivity contribution >= 4 is 22.9 Å². The molecule has 1 spiro atoms. The summed E-state index contributed by atoms with van der Waals surface area (Å²) in [6, 6.07) is 6.10. The van der Waals surface area contributed by atoms with Crippen LogP contribution in [0.3, 0.4) is 0 Å². The fraction of sp³-hybridized carbons (Fsp3) is 0.429. The molecule has 7 heteroatoms. The Hall–Kier alpha value is -2.22. The first-order chi connectivity index (χ1) is 13.6. The molecule has 1 fully saturated rings. The maximum Gasteiger partial charge on any atom is 0.261 e. The number of imidazole rings is 1. The van der Waals surface area contributed by atoms with Crippen molar-refractivity contribution in [1.29, 1.82) is 0 Å². The summed E-state index contributed by atoms with van der Waals surface area (Å²) < 4.78 is 8.22. The van der Waals surface area contributed by atoms with Gasteiger partial charge in [0.2, 0.25) is 0 Å². The van der Waals surface area contributed by atoms with Gasteiger partial charge in [-0.25, -0.2) is 4.98 Å². The molecule has 1 amide bonds. The molecular formula is C21H24N4O2S. The van der Waals surface area contributed by atoms with Crippen LogP contribution in [0.2, 0.25) is 0 Å². The summed E-state index contributed by atoms with van der Waals surface area (Å²) in [7, 11) is 0. The number of aryl methyl sites for hydroxylation is 1. The number of thiophene rings is 1. The van der Waals surface area contributed by atoms with Gasteiger partial charge in [0, 0.05) is 17.3 Å². The minimum atomic E-state index is -0.193. The Balaban J connectivity index is 1.33. The summed E-state index contributed by atoms with van der Waals surface area (Å²) in [5.41, 5.74) is 4.02. The summed E-state index contributed by atoms with van der Waals surface area (Å²) in [5, 5.41) is 6.44. The van der Waals surface area contributed by atoms with Crippen molar-refractivity contribution in [2.75, 3.05) is 19.7 Å². The van der Waals surface area contributed by atoms with Crippen LogP contribution < -0.4 is 10.6 Å². The minimum Gasteiger partial charge on any atom is -0.369 e. The van der Waals surface area contributed by atoms with Crippen molar-refractivity contribution in [2.24, 2.45) is 0 Å². The van der Waals surface area contributed by atoms with Gasteiger partial charge in [-0.2, -0.15) is 0 Å². The standard InChI is InChI=1S/C21H24N4O2S/c1-14-2-3-18-24-16(13-25(18)12-14)11-23-20(26)17-10-15-4-9-27-21(19(15)28-17)5-7-22-8-6-21/h2-3,10,12-13,22H,4-9,11H2,1H3,(H,23,26). The molecule has 3 aromatic rings. The van der Waals surface area contributed by atoms with Crippen molar-refractivity contribution in [3.8, 4) is 0 Å². The molecule has 5 heterocycles. The summed E-state index contributed by atoms with van der Waals surface area (Å²) in [6.45, 7) is 5.15. The zero-order valence-corrected chi connectivity index (χ0v) is 16.8. The van der Waals surface area contributed by atoms with E-state index in [9.17, 15) is 4.79 Å². The molecule has 5 rings (SSSR count). The SMILES string of the molecule is Cc1ccc2nc(CNC(=O)c3cc4c(s3)C3(CCNCC3)OCC4)cn2c1. The molecule has 3 aromatic heterocycles. The van der Waals surface area contributed by atoms with Gasteiger partial charge in [0.15, 0.2) is 0 Å². The van der Waals surface area contributed by atoms with E-state index in [4.69, 9.17) is 4.74 Å². The Morgan fingerprint density at radius 2 is 2.21 bits per heavy atom. The van der Waals surface area contributed by atoms with E-state index < -0.39 is 0 Å². The lowest BCUT2D eigenvalue weighted by atomic mass is 9.86. The summed E-state index contributed by atoms with van der Waals surface area (Å²) in [4.78, 5) is 19.4. The van der Waals surface area contributed by atoms with E-state index in [0.29, 0.717) is 6.54 Å². The van der Waals surface area contributed by atoms with Crippen LogP contribution in [-0.4, -0.2) is 35.0 Å². The number of nitrogens with one attached hydrogen (secondary N) is 2. The second-order valence-corrected chi connectivity index (χ2v) is 8.75. The van der Waals surface area contributed by atoms with Crippen molar-refractivity contribution in [3.05, 3.63) is 57.2 Å². The van der Waals surface area contributed by atoms with Gasteiger partial charge in [-0.15, -0.1) is 11.3 Å². The fourth-order valence-electron chi connectivity index (χ4n) is 4.23. The van der Waals surface area contributed by atoms with E-state index in [1.807, 2.05) is 28.9 Å². The third kappa shape index (κ3) is 3.13. The van der Waals surface area contributed by atoms with Crippen molar-refractivity contribution in [1.82, 2.24) is 20.0 Å². The Morgan fingerprint density at radius 3 is 3.07 bits per heavy atom. The lowest BCUT2D eigenvalue weighted by molar-refractivity contribution is -0.0771. The second kappa shape index (κ2) is 6.99. The van der Waals surface area contributed by atoms with Gasteiger partial charge in [-0.05, 0) is 62.5 Å². The van der Waals surface area contributed by atoms with Crippen molar-refractivity contribution in [3.63, 3.8) is 0 Å². The molecule has 0 aliphatic carbocycles. The van der Waals surface area contributed by atoms with Gasteiger partial charge in [0.05, 0.1) is 23.7 Å². The predicted molar refractivity (Wildman–Crippen MR) is 109 cm³/mol. The number of amides is 1. The molecular weight excluding hydrogens is 372 g/mol. The highest BCUT2D eigenvalue weighted by atomic mass is 32.1. The highest BCUT2D eigenvalue weighted by Gasteiger charge is 2.41. The molecule has 0 radical (unpaired) electrons. The molecule has 0 bridgehead atoms. The highest BCUT2D eigenvalue weighted by molar-refractivity contribution is 7.14. The quantitative estimate of drug-likeness (QED) is 0.714. The van der Waals surface area contributed by atoms with Gasteiger partial charge in [0.1, 0.15) is 11.2 Å². The van der Waals surface area contributed by atoms with Crippen LogP contribution in [0.15, 0.2) is 30.6 Å². The van der Waals surface area contributed by atoms with E-state index in [0.717, 1.165) is 55.2 Å². The van der Waals surface area contributed by atoms with E-state index in [-0.39, 0.29) is 11.5 Å². The number of ether oxygens (including phenoxy) is 1. The number of pyridine rings is 1. The zero-order valence-electron chi connectivity index (χ0n) is 16.0. The van der Waals surface area contributed by atoms with Crippen LogP contribution >= 0.6 is 11.3 Å². The molecule has 146 valence electrons. The van der Waals surface area contributed by atoms with E-state index >= 15 is 0 Å². The number of piperidine rings is 1. The summed E-state index contributed by atoms with van der Waals surface area (Å²) >= 11 is 1.60. The number of rotatable bonds is 3. The molecule has 0 atom stereocenters. The number of carbonyl (C=O) groups excluding carboxylic acids is 1. The van der Waals surface area contributed by atoms with E-state index in [2.05, 4.69) is 28.6 Å². The van der Waals surface area contributed by atoms with Gasteiger partial charge < -0.3 is 19.8 Å². The monoisotopic (exact) mass is 396 g/mol. The Morgan fingerprint density at radius 1 is 1.36 bits per heavy atom. The number of hydrogen-bond donors (Lipinski definition) is 2.